The van der Waals surface area contributed by atoms with Crippen molar-refractivity contribution in [2.75, 3.05) is 27.2 Å². The number of hydrogen-bond donors (Lipinski definition) is 3. The van der Waals surface area contributed by atoms with Crippen LogP contribution >= 0.6 is 0 Å². The molecule has 2 atom stereocenters. The topological polar surface area (TPSA) is 141 Å². The molecular weight excluding hydrogens is 492 g/mol. The van der Waals surface area contributed by atoms with Crippen molar-refractivity contribution in [3.05, 3.63) is 62.6 Å². The van der Waals surface area contributed by atoms with E-state index in [0.29, 0.717) is 12.6 Å². The molecule has 0 aliphatic carbocycles. The van der Waals surface area contributed by atoms with E-state index in [1.54, 1.807) is 6.92 Å². The molecule has 1 aromatic carbocycles. The van der Waals surface area contributed by atoms with Gasteiger partial charge in [-0.3, -0.25) is 24.0 Å². The maximum absolute atomic E-state index is 14.1. The number of amides is 4. The van der Waals surface area contributed by atoms with Crippen LogP contribution in [0, 0.1) is 11.6 Å². The Hall–Kier alpha value is -4.29. The highest BCUT2D eigenvalue weighted by Gasteiger charge is 2.45. The van der Waals surface area contributed by atoms with Crippen LogP contribution in [0.5, 0.6) is 5.75 Å². The molecule has 3 N–H and O–H groups in total. The van der Waals surface area contributed by atoms with E-state index in [0.717, 1.165) is 17.0 Å². The Morgan fingerprint density at radius 1 is 1.19 bits per heavy atom. The lowest BCUT2D eigenvalue weighted by Crippen LogP contribution is -2.44. The van der Waals surface area contributed by atoms with Crippen molar-refractivity contribution < 1.29 is 33.1 Å². The smallest absolute Gasteiger partial charge is 0.311 e. The van der Waals surface area contributed by atoms with Gasteiger partial charge in [-0.1, -0.05) is 6.07 Å². The van der Waals surface area contributed by atoms with E-state index in [4.69, 9.17) is 0 Å². The quantitative estimate of drug-likeness (QED) is 0.492. The molecule has 0 spiro atoms. The SMILES string of the molecule is CCN1CC2CC(NC(=O)C(=O)N(C)C)c3c(C(=O)NCc4ccc(F)cc4F)c(=O)c(O)c(n32)C1=O. The summed E-state index contributed by atoms with van der Waals surface area (Å²) in [6, 6.07) is 1.26. The normalized spacial score (nSPS) is 17.9. The van der Waals surface area contributed by atoms with Gasteiger partial charge in [-0.15, -0.1) is 0 Å². The van der Waals surface area contributed by atoms with Crippen molar-refractivity contribution in [3.63, 3.8) is 0 Å². The third kappa shape index (κ3) is 4.41. The summed E-state index contributed by atoms with van der Waals surface area (Å²) >= 11 is 0. The van der Waals surface area contributed by atoms with E-state index < -0.39 is 70.6 Å². The van der Waals surface area contributed by atoms with E-state index in [1.807, 2.05) is 0 Å². The zero-order valence-corrected chi connectivity index (χ0v) is 20.3. The number of carbonyl (C=O) groups excluding carboxylic acids is 4. The van der Waals surface area contributed by atoms with E-state index in [1.165, 1.54) is 23.6 Å². The number of carbonyl (C=O) groups is 4. The van der Waals surface area contributed by atoms with Crippen LogP contribution in [0.3, 0.4) is 0 Å². The third-order valence-electron chi connectivity index (χ3n) is 6.52. The summed E-state index contributed by atoms with van der Waals surface area (Å²) in [6.07, 6.45) is 0.138. The molecule has 3 heterocycles. The van der Waals surface area contributed by atoms with Gasteiger partial charge in [0.1, 0.15) is 17.2 Å². The van der Waals surface area contributed by atoms with E-state index in [9.17, 15) is 37.9 Å². The Morgan fingerprint density at radius 2 is 1.89 bits per heavy atom. The summed E-state index contributed by atoms with van der Waals surface area (Å²) < 4.78 is 28.6. The second-order valence-electron chi connectivity index (χ2n) is 9.03. The van der Waals surface area contributed by atoms with Crippen LogP contribution in [0.25, 0.3) is 0 Å². The number of rotatable bonds is 5. The highest BCUT2D eigenvalue weighted by atomic mass is 19.1. The molecule has 4 amide bonds. The molecular formula is C24H25F2N5O6. The molecule has 2 aliphatic rings. The molecule has 2 aromatic rings. The maximum Gasteiger partial charge on any atom is 0.311 e. The van der Waals surface area contributed by atoms with Gasteiger partial charge < -0.3 is 30.1 Å². The monoisotopic (exact) mass is 517 g/mol. The van der Waals surface area contributed by atoms with Crippen LogP contribution in [0.2, 0.25) is 0 Å². The Labute approximate surface area is 209 Å². The highest BCUT2D eigenvalue weighted by Crippen LogP contribution is 2.42. The molecule has 0 saturated heterocycles. The van der Waals surface area contributed by atoms with Crippen LogP contribution in [-0.4, -0.2) is 70.3 Å². The molecule has 0 bridgehead atoms. The number of aromatic hydroxyl groups is 1. The summed E-state index contributed by atoms with van der Waals surface area (Å²) in [7, 11) is 2.76. The van der Waals surface area contributed by atoms with Crippen LogP contribution in [-0.2, 0) is 16.1 Å². The highest BCUT2D eigenvalue weighted by molar-refractivity contribution is 6.34. The first kappa shape index (κ1) is 25.8. The molecule has 11 nitrogen and oxygen atoms in total. The van der Waals surface area contributed by atoms with Crippen molar-refractivity contribution in [3.8, 4) is 5.75 Å². The fourth-order valence-corrected chi connectivity index (χ4v) is 4.73. The van der Waals surface area contributed by atoms with Crippen LogP contribution in [0.15, 0.2) is 23.0 Å². The molecule has 2 aliphatic heterocycles. The van der Waals surface area contributed by atoms with Gasteiger partial charge in [-0.25, -0.2) is 8.78 Å². The third-order valence-corrected chi connectivity index (χ3v) is 6.52. The number of nitrogens with zero attached hydrogens (tertiary/aromatic N) is 3. The number of hydrogen-bond acceptors (Lipinski definition) is 6. The molecule has 2 unspecified atom stereocenters. The Balaban J connectivity index is 1.79. The average molecular weight is 517 g/mol. The zero-order chi connectivity index (χ0) is 27.2. The largest absolute Gasteiger partial charge is 0.503 e. The summed E-state index contributed by atoms with van der Waals surface area (Å²) in [4.78, 5) is 66.7. The number of aromatic nitrogens is 1. The molecule has 196 valence electrons. The van der Waals surface area contributed by atoms with Crippen molar-refractivity contribution in [2.24, 2.45) is 0 Å². The number of benzene rings is 1. The van der Waals surface area contributed by atoms with Crippen LogP contribution in [0.1, 0.15) is 57.5 Å². The Kier molecular flexibility index (Phi) is 6.72. The molecule has 37 heavy (non-hydrogen) atoms. The van der Waals surface area contributed by atoms with E-state index >= 15 is 0 Å². The zero-order valence-electron chi connectivity index (χ0n) is 20.3. The van der Waals surface area contributed by atoms with E-state index in [2.05, 4.69) is 10.6 Å². The number of nitrogens with one attached hydrogen (secondary N) is 2. The van der Waals surface area contributed by atoms with Gasteiger partial charge in [-0.05, 0) is 19.4 Å². The van der Waals surface area contributed by atoms with Crippen LogP contribution in [0.4, 0.5) is 8.78 Å². The van der Waals surface area contributed by atoms with Crippen molar-refractivity contribution >= 4 is 23.6 Å². The summed E-state index contributed by atoms with van der Waals surface area (Å²) in [5.41, 5.74) is -2.10. The van der Waals surface area contributed by atoms with Crippen LogP contribution < -0.4 is 16.1 Å². The number of likely N-dealkylation sites (N-methyl/N-ethyl adjacent to an activating group) is 2. The molecule has 13 heteroatoms. The summed E-state index contributed by atoms with van der Waals surface area (Å²) in [5.74, 6) is -6.11. The Morgan fingerprint density at radius 3 is 2.51 bits per heavy atom. The predicted molar refractivity (Wildman–Crippen MR) is 125 cm³/mol. The van der Waals surface area contributed by atoms with Gasteiger partial charge in [0.25, 0.3) is 11.8 Å². The molecule has 0 radical (unpaired) electrons. The van der Waals surface area contributed by atoms with Gasteiger partial charge in [0, 0.05) is 45.4 Å². The van der Waals surface area contributed by atoms with Gasteiger partial charge in [0.15, 0.2) is 11.4 Å². The number of halogens is 2. The molecule has 1 aromatic heterocycles. The predicted octanol–water partition coefficient (Wildman–Crippen LogP) is 0.428. The fraction of sp³-hybridized carbons (Fsp3) is 0.375. The lowest BCUT2D eigenvalue weighted by molar-refractivity contribution is -0.144. The second kappa shape index (κ2) is 9.64. The first-order valence-electron chi connectivity index (χ1n) is 11.5. The first-order chi connectivity index (χ1) is 17.5. The van der Waals surface area contributed by atoms with Gasteiger partial charge >= 0.3 is 11.8 Å². The lowest BCUT2D eigenvalue weighted by Gasteiger charge is -2.33. The standard InChI is InChI=1S/C24H25F2N5O6/c1-4-30-10-13-8-15(28-22(35)24(37)29(2)3)17-16(19(32)20(33)18(23(30)36)31(13)17)21(34)27-9-11-5-6-12(25)7-14(11)26/h5-7,13,15,33H,4,8-10H2,1-3H3,(H,27,34)(H,28,35). The lowest BCUT2D eigenvalue weighted by atomic mass is 10.0. The van der Waals surface area contributed by atoms with E-state index in [-0.39, 0.29) is 29.9 Å². The summed E-state index contributed by atoms with van der Waals surface area (Å²) in [6.45, 7) is 1.80. The average Bonchev–Trinajstić information content (AvgIpc) is 3.18. The molecule has 0 fully saturated rings. The van der Waals surface area contributed by atoms with Gasteiger partial charge in [0.2, 0.25) is 5.43 Å². The Bertz CT molecular complexity index is 1390. The van der Waals surface area contributed by atoms with Crippen molar-refractivity contribution in [1.82, 2.24) is 25.0 Å². The molecule has 4 rings (SSSR count). The molecule has 0 saturated carbocycles. The minimum absolute atomic E-state index is 0.0381. The van der Waals surface area contributed by atoms with Gasteiger partial charge in [-0.2, -0.15) is 0 Å². The number of pyridine rings is 1. The summed E-state index contributed by atoms with van der Waals surface area (Å²) in [5, 5.41) is 15.6. The first-order valence-corrected chi connectivity index (χ1v) is 11.5. The fourth-order valence-electron chi connectivity index (χ4n) is 4.73. The van der Waals surface area contributed by atoms with Crippen molar-refractivity contribution in [1.29, 1.82) is 0 Å². The maximum atomic E-state index is 14.1. The minimum Gasteiger partial charge on any atom is -0.503 e. The minimum atomic E-state index is -1.15. The second-order valence-corrected chi connectivity index (χ2v) is 9.03. The van der Waals surface area contributed by atoms with Gasteiger partial charge in [0.05, 0.1) is 17.8 Å². The van der Waals surface area contributed by atoms with Crippen molar-refractivity contribution in [2.45, 2.75) is 32.0 Å².